The molecule has 5 heteroatoms. The summed E-state index contributed by atoms with van der Waals surface area (Å²) < 4.78 is 6.40. The van der Waals surface area contributed by atoms with Crippen LogP contribution in [0.5, 0.6) is 0 Å². The van der Waals surface area contributed by atoms with Crippen LogP contribution in [-0.4, -0.2) is 32.8 Å². The third kappa shape index (κ3) is 7.50. The van der Waals surface area contributed by atoms with Gasteiger partial charge in [0.05, 0.1) is 0 Å². The van der Waals surface area contributed by atoms with E-state index < -0.39 is 0 Å². The summed E-state index contributed by atoms with van der Waals surface area (Å²) in [6, 6.07) is 8.25. The van der Waals surface area contributed by atoms with E-state index >= 15 is 0 Å². The topological polar surface area (TPSA) is 45.6 Å². The smallest absolute Gasteiger partial charge is 0.191 e. The van der Waals surface area contributed by atoms with Crippen molar-refractivity contribution in [3.8, 4) is 0 Å². The van der Waals surface area contributed by atoms with Crippen molar-refractivity contribution in [1.29, 1.82) is 0 Å². The highest BCUT2D eigenvalue weighted by atomic mass is 79.9. The number of rotatable bonds is 8. The molecule has 0 aliphatic rings. The lowest BCUT2D eigenvalue weighted by Gasteiger charge is -2.12. The maximum absolute atomic E-state index is 5.31. The zero-order valence-electron chi connectivity index (χ0n) is 12.3. The number of unbranched alkanes of at least 4 members (excludes halogenated alkanes) is 1. The first-order valence-corrected chi connectivity index (χ1v) is 7.82. The number of ether oxygens (including phenoxy) is 1. The summed E-state index contributed by atoms with van der Waals surface area (Å²) in [7, 11) is 1.79. The molecule has 0 saturated heterocycles. The molecule has 0 saturated carbocycles. The molecule has 4 nitrogen and oxygen atoms in total. The molecule has 0 atom stereocenters. The molecule has 0 heterocycles. The summed E-state index contributed by atoms with van der Waals surface area (Å²) in [5.74, 6) is 0.835. The lowest BCUT2D eigenvalue weighted by Crippen LogP contribution is -2.37. The van der Waals surface area contributed by atoms with Gasteiger partial charge in [0, 0.05) is 37.8 Å². The Morgan fingerprint density at radius 1 is 1.30 bits per heavy atom. The monoisotopic (exact) mass is 341 g/mol. The molecular weight excluding hydrogens is 318 g/mol. The van der Waals surface area contributed by atoms with Crippen LogP contribution in [0.4, 0.5) is 0 Å². The zero-order chi connectivity index (χ0) is 14.6. The van der Waals surface area contributed by atoms with Crippen LogP contribution in [-0.2, 0) is 11.3 Å². The van der Waals surface area contributed by atoms with E-state index in [1.54, 1.807) is 7.05 Å². The van der Waals surface area contributed by atoms with Crippen LogP contribution in [0, 0.1) is 0 Å². The molecule has 0 aromatic heterocycles. The fourth-order valence-electron chi connectivity index (χ4n) is 1.73. The van der Waals surface area contributed by atoms with Crippen molar-refractivity contribution in [3.63, 3.8) is 0 Å². The van der Waals surface area contributed by atoms with Gasteiger partial charge >= 0.3 is 0 Å². The number of aliphatic imine (C=N–C) groups is 1. The van der Waals surface area contributed by atoms with Gasteiger partial charge in [0.2, 0.25) is 0 Å². The van der Waals surface area contributed by atoms with E-state index in [4.69, 9.17) is 4.74 Å². The Morgan fingerprint density at radius 3 is 2.85 bits per heavy atom. The molecule has 0 fully saturated rings. The van der Waals surface area contributed by atoms with Crippen molar-refractivity contribution < 1.29 is 4.74 Å². The number of nitrogens with one attached hydrogen (secondary N) is 2. The van der Waals surface area contributed by atoms with Gasteiger partial charge in [0.15, 0.2) is 5.96 Å². The molecule has 0 aliphatic heterocycles. The van der Waals surface area contributed by atoms with Gasteiger partial charge in [-0.25, -0.2) is 0 Å². The van der Waals surface area contributed by atoms with E-state index in [-0.39, 0.29) is 0 Å². The number of hydrogen-bond acceptors (Lipinski definition) is 2. The minimum absolute atomic E-state index is 0.762. The predicted octanol–water partition coefficient (Wildman–Crippen LogP) is 2.93. The quantitative estimate of drug-likeness (QED) is 0.434. The molecule has 20 heavy (non-hydrogen) atoms. The molecule has 0 bridgehead atoms. The van der Waals surface area contributed by atoms with Gasteiger partial charge in [0.1, 0.15) is 0 Å². The molecular formula is C15H24BrN3O. The average molecular weight is 342 g/mol. The van der Waals surface area contributed by atoms with Gasteiger partial charge in [-0.1, -0.05) is 28.1 Å². The number of benzene rings is 1. The molecule has 0 aliphatic carbocycles. The lowest BCUT2D eigenvalue weighted by molar-refractivity contribution is 0.143. The maximum Gasteiger partial charge on any atom is 0.191 e. The molecule has 1 rings (SSSR count). The Balaban J connectivity index is 2.20. The minimum Gasteiger partial charge on any atom is -0.382 e. The summed E-state index contributed by atoms with van der Waals surface area (Å²) >= 11 is 3.47. The second-order valence-electron chi connectivity index (χ2n) is 4.39. The Labute approximate surface area is 130 Å². The first-order chi connectivity index (χ1) is 9.76. The van der Waals surface area contributed by atoms with Crippen LogP contribution in [0.25, 0.3) is 0 Å². The molecule has 112 valence electrons. The van der Waals surface area contributed by atoms with Crippen LogP contribution in [0.3, 0.4) is 0 Å². The lowest BCUT2D eigenvalue weighted by atomic mass is 10.2. The zero-order valence-corrected chi connectivity index (χ0v) is 13.9. The number of guanidine groups is 1. The summed E-state index contributed by atoms with van der Waals surface area (Å²) in [4.78, 5) is 4.21. The van der Waals surface area contributed by atoms with Crippen LogP contribution >= 0.6 is 15.9 Å². The Kier molecular flexibility index (Phi) is 9.07. The van der Waals surface area contributed by atoms with Crippen molar-refractivity contribution in [3.05, 3.63) is 34.3 Å². The van der Waals surface area contributed by atoms with Gasteiger partial charge in [-0.15, -0.1) is 0 Å². The first-order valence-electron chi connectivity index (χ1n) is 7.03. The summed E-state index contributed by atoms with van der Waals surface area (Å²) in [6.07, 6.45) is 2.15. The highest BCUT2D eigenvalue weighted by molar-refractivity contribution is 9.10. The molecule has 0 amide bonds. The second-order valence-corrected chi connectivity index (χ2v) is 5.30. The van der Waals surface area contributed by atoms with Crippen molar-refractivity contribution in [2.24, 2.45) is 4.99 Å². The largest absolute Gasteiger partial charge is 0.382 e. The Hall–Kier alpha value is -1.07. The molecule has 0 radical (unpaired) electrons. The molecule has 0 spiro atoms. The maximum atomic E-state index is 5.31. The Morgan fingerprint density at radius 2 is 2.15 bits per heavy atom. The van der Waals surface area contributed by atoms with Crippen molar-refractivity contribution >= 4 is 21.9 Å². The summed E-state index contributed by atoms with van der Waals surface area (Å²) in [6.45, 7) is 5.32. The van der Waals surface area contributed by atoms with E-state index in [1.165, 1.54) is 5.56 Å². The second kappa shape index (κ2) is 10.7. The highest BCUT2D eigenvalue weighted by Crippen LogP contribution is 2.11. The third-order valence-electron chi connectivity index (χ3n) is 2.78. The highest BCUT2D eigenvalue weighted by Gasteiger charge is 1.98. The third-order valence-corrected chi connectivity index (χ3v) is 3.28. The van der Waals surface area contributed by atoms with Crippen LogP contribution in [0.15, 0.2) is 33.7 Å². The van der Waals surface area contributed by atoms with Gasteiger partial charge < -0.3 is 15.4 Å². The fraction of sp³-hybridized carbons (Fsp3) is 0.533. The predicted molar refractivity (Wildman–Crippen MR) is 88.1 cm³/mol. The summed E-state index contributed by atoms with van der Waals surface area (Å²) in [5.41, 5.74) is 1.22. The van der Waals surface area contributed by atoms with Crippen LogP contribution < -0.4 is 10.6 Å². The van der Waals surface area contributed by atoms with E-state index in [2.05, 4.69) is 43.7 Å². The van der Waals surface area contributed by atoms with Crippen molar-refractivity contribution in [1.82, 2.24) is 10.6 Å². The van der Waals surface area contributed by atoms with E-state index in [0.29, 0.717) is 0 Å². The molecule has 2 N–H and O–H groups in total. The average Bonchev–Trinajstić information content (AvgIpc) is 2.46. The standard InChI is InChI=1S/C15H24BrN3O/c1-3-20-10-5-4-9-18-15(17-2)19-12-13-7-6-8-14(16)11-13/h6-8,11H,3-5,9-10,12H2,1-2H3,(H2,17,18,19). The van der Waals surface area contributed by atoms with Crippen LogP contribution in [0.1, 0.15) is 25.3 Å². The van der Waals surface area contributed by atoms with Crippen LogP contribution in [0.2, 0.25) is 0 Å². The summed E-state index contributed by atoms with van der Waals surface area (Å²) in [5, 5.41) is 6.60. The van der Waals surface area contributed by atoms with Gasteiger partial charge in [-0.05, 0) is 37.5 Å². The number of hydrogen-bond donors (Lipinski definition) is 2. The van der Waals surface area contributed by atoms with E-state index in [9.17, 15) is 0 Å². The Bertz CT molecular complexity index is 410. The van der Waals surface area contributed by atoms with E-state index in [0.717, 1.165) is 49.6 Å². The first kappa shape index (κ1) is 17.0. The van der Waals surface area contributed by atoms with Gasteiger partial charge in [0.25, 0.3) is 0 Å². The fourth-order valence-corrected chi connectivity index (χ4v) is 2.18. The normalized spacial score (nSPS) is 11.4. The van der Waals surface area contributed by atoms with Gasteiger partial charge in [-0.3, -0.25) is 4.99 Å². The minimum atomic E-state index is 0.762. The SMILES string of the molecule is CCOCCCCNC(=NC)NCc1cccc(Br)c1. The molecule has 1 aromatic carbocycles. The molecule has 1 aromatic rings. The van der Waals surface area contributed by atoms with Crippen molar-refractivity contribution in [2.45, 2.75) is 26.3 Å². The van der Waals surface area contributed by atoms with Gasteiger partial charge in [-0.2, -0.15) is 0 Å². The van der Waals surface area contributed by atoms with Crippen molar-refractivity contribution in [2.75, 3.05) is 26.8 Å². The number of halogens is 1. The van der Waals surface area contributed by atoms with E-state index in [1.807, 2.05) is 19.1 Å². The number of nitrogens with zero attached hydrogens (tertiary/aromatic N) is 1. The molecule has 0 unspecified atom stereocenters.